The third kappa shape index (κ3) is 3.16. The molecule has 0 heterocycles. The van der Waals surface area contributed by atoms with Gasteiger partial charge in [0.25, 0.3) is 0 Å². The molecule has 1 N–H and O–H groups in total. The second kappa shape index (κ2) is 5.77. The maximum atomic E-state index is 3.88. The molecule has 16 heavy (non-hydrogen) atoms. The van der Waals surface area contributed by atoms with Crippen LogP contribution in [-0.4, -0.2) is 23.1 Å². The molecule has 0 radical (unpaired) electrons. The Bertz CT molecular complexity index is 211. The minimum absolute atomic E-state index is 0.835. The van der Waals surface area contributed by atoms with Crippen molar-refractivity contribution in [2.75, 3.05) is 5.75 Å². The van der Waals surface area contributed by atoms with Crippen molar-refractivity contribution in [2.24, 2.45) is 11.8 Å². The first-order chi connectivity index (χ1) is 7.69. The normalized spacial score (nSPS) is 39.0. The first-order valence-corrected chi connectivity index (χ1v) is 8.11. The Kier molecular flexibility index (Phi) is 4.60. The maximum Gasteiger partial charge on any atom is 0.00805 e. The van der Waals surface area contributed by atoms with E-state index < -0.39 is 0 Å². The van der Waals surface area contributed by atoms with Crippen LogP contribution in [0.5, 0.6) is 0 Å². The molecule has 2 heteroatoms. The lowest BCUT2D eigenvalue weighted by atomic mass is 9.73. The lowest BCUT2D eigenvalue weighted by Gasteiger charge is -2.40. The van der Waals surface area contributed by atoms with Crippen LogP contribution in [0.1, 0.15) is 52.9 Å². The van der Waals surface area contributed by atoms with Gasteiger partial charge >= 0.3 is 0 Å². The Labute approximate surface area is 105 Å². The molecule has 0 saturated heterocycles. The molecule has 2 saturated carbocycles. The van der Waals surface area contributed by atoms with Gasteiger partial charge in [0.15, 0.2) is 0 Å². The van der Waals surface area contributed by atoms with E-state index in [4.69, 9.17) is 0 Å². The van der Waals surface area contributed by atoms with Crippen LogP contribution in [0.2, 0.25) is 0 Å². The molecule has 2 aliphatic carbocycles. The van der Waals surface area contributed by atoms with E-state index >= 15 is 0 Å². The molecular formula is C14H27NS. The molecule has 0 aromatic heterocycles. The van der Waals surface area contributed by atoms with Gasteiger partial charge in [-0.15, -0.1) is 0 Å². The topological polar surface area (TPSA) is 12.0 Å². The fourth-order valence-electron chi connectivity index (χ4n) is 3.15. The standard InChI is InChI=1S/C14H27NS/c1-4-16-14-6-5-12(9-14)15-13-7-11(8-13)10(2)3/h10-15H,4-9H2,1-3H3. The molecule has 0 aliphatic heterocycles. The molecule has 0 aromatic carbocycles. The summed E-state index contributed by atoms with van der Waals surface area (Å²) in [5.41, 5.74) is 0. The van der Waals surface area contributed by atoms with Crippen molar-refractivity contribution < 1.29 is 0 Å². The smallest absolute Gasteiger partial charge is 0.00805 e. The van der Waals surface area contributed by atoms with Gasteiger partial charge in [-0.05, 0) is 49.7 Å². The van der Waals surface area contributed by atoms with Crippen LogP contribution in [0.4, 0.5) is 0 Å². The number of hydrogen-bond acceptors (Lipinski definition) is 2. The summed E-state index contributed by atoms with van der Waals surface area (Å²) in [6.07, 6.45) is 7.14. The molecule has 0 amide bonds. The fraction of sp³-hybridized carbons (Fsp3) is 1.00. The van der Waals surface area contributed by atoms with Gasteiger partial charge in [-0.3, -0.25) is 0 Å². The molecule has 2 fully saturated rings. The van der Waals surface area contributed by atoms with Crippen molar-refractivity contribution in [1.29, 1.82) is 0 Å². The molecule has 0 spiro atoms. The Morgan fingerprint density at radius 1 is 1.12 bits per heavy atom. The summed E-state index contributed by atoms with van der Waals surface area (Å²) in [6.45, 7) is 7.01. The van der Waals surface area contributed by atoms with E-state index in [-0.39, 0.29) is 0 Å². The van der Waals surface area contributed by atoms with Gasteiger partial charge in [-0.2, -0.15) is 11.8 Å². The summed E-state index contributed by atoms with van der Waals surface area (Å²) < 4.78 is 0. The predicted molar refractivity (Wildman–Crippen MR) is 74.0 cm³/mol. The minimum atomic E-state index is 0.835. The van der Waals surface area contributed by atoms with E-state index in [9.17, 15) is 0 Å². The highest BCUT2D eigenvalue weighted by molar-refractivity contribution is 7.99. The summed E-state index contributed by atoms with van der Waals surface area (Å²) in [5, 5.41) is 4.82. The van der Waals surface area contributed by atoms with Crippen LogP contribution in [-0.2, 0) is 0 Å². The molecule has 0 aromatic rings. The zero-order valence-electron chi connectivity index (χ0n) is 11.0. The van der Waals surface area contributed by atoms with Crippen LogP contribution in [0.25, 0.3) is 0 Å². The van der Waals surface area contributed by atoms with E-state index in [1.807, 2.05) is 0 Å². The quantitative estimate of drug-likeness (QED) is 0.788. The van der Waals surface area contributed by atoms with E-state index in [0.29, 0.717) is 0 Å². The number of thioether (sulfide) groups is 1. The largest absolute Gasteiger partial charge is 0.311 e. The fourth-order valence-corrected chi connectivity index (χ4v) is 4.30. The average Bonchev–Trinajstić information content (AvgIpc) is 2.58. The summed E-state index contributed by atoms with van der Waals surface area (Å²) >= 11 is 2.16. The zero-order valence-corrected chi connectivity index (χ0v) is 11.9. The van der Waals surface area contributed by atoms with Crippen molar-refractivity contribution in [2.45, 2.75) is 70.2 Å². The molecule has 2 unspecified atom stereocenters. The summed E-state index contributed by atoms with van der Waals surface area (Å²) in [6, 6.07) is 1.69. The van der Waals surface area contributed by atoms with Gasteiger partial charge in [-0.25, -0.2) is 0 Å². The summed E-state index contributed by atoms with van der Waals surface area (Å²) in [5.74, 6) is 3.18. The predicted octanol–water partition coefficient (Wildman–Crippen LogP) is 3.68. The monoisotopic (exact) mass is 241 g/mol. The summed E-state index contributed by atoms with van der Waals surface area (Å²) in [7, 11) is 0. The first-order valence-electron chi connectivity index (χ1n) is 7.06. The van der Waals surface area contributed by atoms with Gasteiger partial charge in [0.05, 0.1) is 0 Å². The maximum absolute atomic E-state index is 3.88. The van der Waals surface area contributed by atoms with Crippen LogP contribution in [0.15, 0.2) is 0 Å². The highest BCUT2D eigenvalue weighted by Crippen LogP contribution is 2.36. The zero-order chi connectivity index (χ0) is 11.5. The van der Waals surface area contributed by atoms with E-state index in [2.05, 4.69) is 37.8 Å². The van der Waals surface area contributed by atoms with Crippen molar-refractivity contribution in [1.82, 2.24) is 5.32 Å². The van der Waals surface area contributed by atoms with Gasteiger partial charge in [0, 0.05) is 17.3 Å². The molecule has 2 atom stereocenters. The van der Waals surface area contributed by atoms with Crippen LogP contribution >= 0.6 is 11.8 Å². The van der Waals surface area contributed by atoms with Crippen molar-refractivity contribution >= 4 is 11.8 Å². The van der Waals surface area contributed by atoms with Crippen LogP contribution in [0.3, 0.4) is 0 Å². The highest BCUT2D eigenvalue weighted by atomic mass is 32.2. The second-order valence-corrected chi connectivity index (χ2v) is 7.50. The molecule has 1 nitrogen and oxygen atoms in total. The molecule has 94 valence electrons. The van der Waals surface area contributed by atoms with Crippen molar-refractivity contribution in [3.05, 3.63) is 0 Å². The van der Waals surface area contributed by atoms with E-state index in [1.165, 1.54) is 37.9 Å². The highest BCUT2D eigenvalue weighted by Gasteiger charge is 2.34. The number of rotatable bonds is 5. The summed E-state index contributed by atoms with van der Waals surface area (Å²) in [4.78, 5) is 0. The van der Waals surface area contributed by atoms with Crippen molar-refractivity contribution in [3.8, 4) is 0 Å². The van der Waals surface area contributed by atoms with Gasteiger partial charge in [-0.1, -0.05) is 20.8 Å². The lowest BCUT2D eigenvalue weighted by molar-refractivity contribution is 0.157. The van der Waals surface area contributed by atoms with Crippen LogP contribution in [0, 0.1) is 11.8 Å². The Morgan fingerprint density at radius 2 is 1.88 bits per heavy atom. The van der Waals surface area contributed by atoms with Crippen LogP contribution < -0.4 is 5.32 Å². The Morgan fingerprint density at radius 3 is 2.50 bits per heavy atom. The SMILES string of the molecule is CCSC1CCC(NC2CC(C(C)C)C2)C1. The second-order valence-electron chi connectivity index (χ2n) is 5.93. The minimum Gasteiger partial charge on any atom is -0.311 e. The molecule has 0 bridgehead atoms. The van der Waals surface area contributed by atoms with E-state index in [1.54, 1.807) is 0 Å². The van der Waals surface area contributed by atoms with Crippen molar-refractivity contribution in [3.63, 3.8) is 0 Å². The Hall–Kier alpha value is 0.310. The third-order valence-corrected chi connectivity index (χ3v) is 5.61. The van der Waals surface area contributed by atoms with E-state index in [0.717, 1.165) is 29.2 Å². The Balaban J connectivity index is 1.62. The lowest BCUT2D eigenvalue weighted by Crippen LogP contribution is -2.46. The molecule has 2 rings (SSSR count). The number of nitrogens with one attached hydrogen (secondary N) is 1. The van der Waals surface area contributed by atoms with Gasteiger partial charge in [0.1, 0.15) is 0 Å². The first kappa shape index (κ1) is 12.8. The number of hydrogen-bond donors (Lipinski definition) is 1. The average molecular weight is 241 g/mol. The van der Waals surface area contributed by atoms with Gasteiger partial charge in [0.2, 0.25) is 0 Å². The van der Waals surface area contributed by atoms with Gasteiger partial charge < -0.3 is 5.32 Å². The third-order valence-electron chi connectivity index (χ3n) is 4.38. The molecule has 2 aliphatic rings. The molecular weight excluding hydrogens is 214 g/mol.